The lowest BCUT2D eigenvalue weighted by molar-refractivity contribution is -0.117. The maximum absolute atomic E-state index is 12.7. The van der Waals surface area contributed by atoms with Crippen LogP contribution in [-0.2, 0) is 4.79 Å². The summed E-state index contributed by atoms with van der Waals surface area (Å²) in [4.78, 5) is 28.7. The molecule has 1 aliphatic rings. The number of halogens is 2. The Hall–Kier alpha value is -2.28. The zero-order valence-corrected chi connectivity index (χ0v) is 17.0. The minimum Gasteiger partial charge on any atom is -0.494 e. The highest BCUT2D eigenvalue weighted by molar-refractivity contribution is 6.37. The maximum atomic E-state index is 12.7. The molecule has 1 N–H and O–H groups in total. The highest BCUT2D eigenvalue weighted by Crippen LogP contribution is 2.34. The lowest BCUT2D eigenvalue weighted by Crippen LogP contribution is -2.50. The Morgan fingerprint density at radius 2 is 1.64 bits per heavy atom. The third-order valence-corrected chi connectivity index (χ3v) is 5.10. The van der Waals surface area contributed by atoms with Crippen LogP contribution in [0.25, 0.3) is 0 Å². The van der Waals surface area contributed by atoms with Gasteiger partial charge in [-0.05, 0) is 24.3 Å². The van der Waals surface area contributed by atoms with Crippen LogP contribution in [0, 0.1) is 0 Å². The molecule has 3 rings (SSSR count). The summed E-state index contributed by atoms with van der Waals surface area (Å²) >= 11 is 12.3. The summed E-state index contributed by atoms with van der Waals surface area (Å²) in [7, 11) is 1.47. The van der Waals surface area contributed by atoms with Gasteiger partial charge >= 0.3 is 0 Å². The van der Waals surface area contributed by atoms with Gasteiger partial charge in [0.15, 0.2) is 5.75 Å². The van der Waals surface area contributed by atoms with Gasteiger partial charge in [-0.15, -0.1) is 0 Å². The molecule has 0 atom stereocenters. The molecule has 1 saturated heterocycles. The van der Waals surface area contributed by atoms with E-state index >= 15 is 0 Å². The molecule has 28 heavy (non-hydrogen) atoms. The predicted octanol–water partition coefficient (Wildman–Crippen LogP) is 3.40. The molecular weight excluding hydrogens is 401 g/mol. The minimum atomic E-state index is -0.139. The van der Waals surface area contributed by atoms with Gasteiger partial charge in [0.05, 0.1) is 23.7 Å². The molecule has 2 amide bonds. The summed E-state index contributed by atoms with van der Waals surface area (Å²) in [5.41, 5.74) is 1.20. The van der Waals surface area contributed by atoms with Crippen LogP contribution in [0.3, 0.4) is 0 Å². The van der Waals surface area contributed by atoms with E-state index in [4.69, 9.17) is 27.9 Å². The molecule has 2 aromatic rings. The number of nitrogens with one attached hydrogen (secondary N) is 1. The number of amides is 2. The maximum Gasteiger partial charge on any atom is 0.254 e. The number of hydrogen-bond donors (Lipinski definition) is 1. The predicted molar refractivity (Wildman–Crippen MR) is 110 cm³/mol. The Bertz CT molecular complexity index is 830. The second-order valence-electron chi connectivity index (χ2n) is 6.46. The summed E-state index contributed by atoms with van der Waals surface area (Å²) in [5.74, 6) is 0.147. The van der Waals surface area contributed by atoms with Crippen molar-refractivity contribution in [3.8, 4) is 5.75 Å². The molecule has 0 spiro atoms. The van der Waals surface area contributed by atoms with Crippen molar-refractivity contribution in [2.24, 2.45) is 0 Å². The van der Waals surface area contributed by atoms with Crippen LogP contribution in [0.1, 0.15) is 10.4 Å². The van der Waals surface area contributed by atoms with Gasteiger partial charge < -0.3 is 15.0 Å². The van der Waals surface area contributed by atoms with E-state index in [2.05, 4.69) is 5.32 Å². The number of anilines is 1. The Morgan fingerprint density at radius 3 is 2.21 bits per heavy atom. The monoisotopic (exact) mass is 421 g/mol. The number of rotatable bonds is 5. The number of benzene rings is 2. The number of piperazine rings is 1. The van der Waals surface area contributed by atoms with Crippen molar-refractivity contribution in [1.82, 2.24) is 9.80 Å². The van der Waals surface area contributed by atoms with Crippen LogP contribution in [0.15, 0.2) is 42.5 Å². The molecule has 6 nitrogen and oxygen atoms in total. The van der Waals surface area contributed by atoms with E-state index in [9.17, 15) is 9.59 Å². The largest absolute Gasteiger partial charge is 0.494 e. The summed E-state index contributed by atoms with van der Waals surface area (Å²) in [5, 5.41) is 3.47. The highest BCUT2D eigenvalue weighted by Gasteiger charge is 2.24. The SMILES string of the molecule is COc1c(Cl)cc(C(=O)N2CCN(CC(=O)Nc3ccccc3)CC2)cc1Cl. The molecule has 1 fully saturated rings. The molecule has 2 aromatic carbocycles. The van der Waals surface area contributed by atoms with E-state index < -0.39 is 0 Å². The van der Waals surface area contributed by atoms with Crippen LogP contribution >= 0.6 is 23.2 Å². The van der Waals surface area contributed by atoms with Gasteiger partial charge in [-0.2, -0.15) is 0 Å². The van der Waals surface area contributed by atoms with E-state index in [1.54, 1.807) is 17.0 Å². The van der Waals surface area contributed by atoms with Crippen LogP contribution in [0.2, 0.25) is 10.0 Å². The molecule has 0 aliphatic carbocycles. The Balaban J connectivity index is 1.53. The molecular formula is C20H21Cl2N3O3. The van der Waals surface area contributed by atoms with Crippen molar-refractivity contribution >= 4 is 40.7 Å². The number of para-hydroxylation sites is 1. The fraction of sp³-hybridized carbons (Fsp3) is 0.300. The molecule has 148 valence electrons. The van der Waals surface area contributed by atoms with Crippen LogP contribution in [-0.4, -0.2) is 61.4 Å². The number of carbonyl (C=O) groups excluding carboxylic acids is 2. The number of nitrogens with zero attached hydrogens (tertiary/aromatic N) is 2. The normalized spacial score (nSPS) is 14.6. The number of ether oxygens (including phenoxy) is 1. The van der Waals surface area contributed by atoms with Gasteiger partial charge in [-0.3, -0.25) is 14.5 Å². The van der Waals surface area contributed by atoms with Gasteiger partial charge in [-0.1, -0.05) is 41.4 Å². The number of carbonyl (C=O) groups is 2. The van der Waals surface area contributed by atoms with Gasteiger partial charge in [0.2, 0.25) is 5.91 Å². The van der Waals surface area contributed by atoms with Gasteiger partial charge in [0, 0.05) is 37.4 Å². The first-order valence-corrected chi connectivity index (χ1v) is 9.63. The average molecular weight is 422 g/mol. The fourth-order valence-electron chi connectivity index (χ4n) is 3.10. The Labute approximate surface area is 174 Å². The summed E-state index contributed by atoms with van der Waals surface area (Å²) < 4.78 is 5.12. The molecule has 0 bridgehead atoms. The zero-order valence-electron chi connectivity index (χ0n) is 15.5. The second-order valence-corrected chi connectivity index (χ2v) is 7.27. The lowest BCUT2D eigenvalue weighted by Gasteiger charge is -2.34. The van der Waals surface area contributed by atoms with Crippen molar-refractivity contribution in [3.63, 3.8) is 0 Å². The molecule has 0 radical (unpaired) electrons. The Morgan fingerprint density at radius 1 is 1.04 bits per heavy atom. The van der Waals surface area contributed by atoms with Crippen LogP contribution < -0.4 is 10.1 Å². The first-order valence-electron chi connectivity index (χ1n) is 8.87. The van der Waals surface area contributed by atoms with E-state index in [0.717, 1.165) is 5.69 Å². The number of hydrogen-bond acceptors (Lipinski definition) is 4. The summed E-state index contributed by atoms with van der Waals surface area (Å²) in [6.07, 6.45) is 0. The van der Waals surface area contributed by atoms with Crippen molar-refractivity contribution < 1.29 is 14.3 Å². The highest BCUT2D eigenvalue weighted by atomic mass is 35.5. The zero-order chi connectivity index (χ0) is 20.1. The molecule has 1 aliphatic heterocycles. The van der Waals surface area contributed by atoms with Crippen molar-refractivity contribution in [2.45, 2.75) is 0 Å². The molecule has 0 unspecified atom stereocenters. The topological polar surface area (TPSA) is 61.9 Å². The van der Waals surface area contributed by atoms with Crippen molar-refractivity contribution in [2.75, 3.05) is 45.2 Å². The smallest absolute Gasteiger partial charge is 0.254 e. The van der Waals surface area contributed by atoms with Gasteiger partial charge in [0.1, 0.15) is 0 Å². The fourth-order valence-corrected chi connectivity index (χ4v) is 3.74. The van der Waals surface area contributed by atoms with E-state index in [1.807, 2.05) is 35.2 Å². The number of methoxy groups -OCH3 is 1. The minimum absolute atomic E-state index is 0.0697. The van der Waals surface area contributed by atoms with E-state index in [0.29, 0.717) is 47.5 Å². The second kappa shape index (κ2) is 9.28. The van der Waals surface area contributed by atoms with Crippen molar-refractivity contribution in [3.05, 3.63) is 58.1 Å². The van der Waals surface area contributed by atoms with Crippen molar-refractivity contribution in [1.29, 1.82) is 0 Å². The molecule has 0 saturated carbocycles. The van der Waals surface area contributed by atoms with E-state index in [-0.39, 0.29) is 18.4 Å². The van der Waals surface area contributed by atoms with E-state index in [1.165, 1.54) is 7.11 Å². The third-order valence-electron chi connectivity index (χ3n) is 4.53. The molecule has 8 heteroatoms. The summed E-state index contributed by atoms with van der Waals surface area (Å²) in [6, 6.07) is 12.5. The van der Waals surface area contributed by atoms with Crippen LogP contribution in [0.4, 0.5) is 5.69 Å². The van der Waals surface area contributed by atoms with Gasteiger partial charge in [-0.25, -0.2) is 0 Å². The summed E-state index contributed by atoms with van der Waals surface area (Å²) in [6.45, 7) is 2.58. The quantitative estimate of drug-likeness (QED) is 0.803. The lowest BCUT2D eigenvalue weighted by atomic mass is 10.1. The third kappa shape index (κ3) is 4.95. The molecule has 0 aromatic heterocycles. The van der Waals surface area contributed by atoms with Crippen LogP contribution in [0.5, 0.6) is 5.75 Å². The average Bonchev–Trinajstić information content (AvgIpc) is 2.68. The first kappa shape index (κ1) is 20.5. The standard InChI is InChI=1S/C20H21Cl2N3O3/c1-28-19-16(21)11-14(12-17(19)22)20(27)25-9-7-24(8-10-25)13-18(26)23-15-5-3-2-4-6-15/h2-6,11-12H,7-10,13H2,1H3,(H,23,26). The first-order chi connectivity index (χ1) is 13.5. The Kier molecular flexibility index (Phi) is 6.78. The van der Waals surface area contributed by atoms with Gasteiger partial charge in [0.25, 0.3) is 5.91 Å². The molecule has 1 heterocycles.